The van der Waals surface area contributed by atoms with Gasteiger partial charge in [-0.05, 0) is 54.7 Å². The smallest absolute Gasteiger partial charge is 0.0847 e. The fraction of sp³-hybridized carbons (Fsp3) is 0.667. The van der Waals surface area contributed by atoms with E-state index in [0.29, 0.717) is 18.1 Å². The van der Waals surface area contributed by atoms with Gasteiger partial charge in [-0.2, -0.15) is 0 Å². The second kappa shape index (κ2) is 6.56. The van der Waals surface area contributed by atoms with Crippen molar-refractivity contribution in [2.45, 2.75) is 77.9 Å². The van der Waals surface area contributed by atoms with Crippen LogP contribution < -0.4 is 0 Å². The predicted octanol–water partition coefficient (Wildman–Crippen LogP) is 4.87. The van der Waals surface area contributed by atoms with E-state index >= 15 is 0 Å². The van der Waals surface area contributed by atoms with Crippen molar-refractivity contribution in [3.8, 4) is 0 Å². The van der Waals surface area contributed by atoms with Gasteiger partial charge in [0.15, 0.2) is 0 Å². The van der Waals surface area contributed by atoms with Crippen LogP contribution in [0.1, 0.15) is 69.6 Å². The lowest BCUT2D eigenvalue weighted by atomic mass is 9.85. The maximum absolute atomic E-state index is 5.75. The molecule has 1 aromatic rings. The first-order chi connectivity index (χ1) is 9.23. The van der Waals surface area contributed by atoms with Crippen LogP contribution in [0.5, 0.6) is 0 Å². The molecule has 1 aliphatic rings. The molecule has 0 N–H and O–H groups in total. The molecular weight excluding hydrogens is 232 g/mol. The summed E-state index contributed by atoms with van der Waals surface area (Å²) >= 11 is 0. The van der Waals surface area contributed by atoms with Gasteiger partial charge < -0.3 is 4.74 Å². The number of aryl methyl sites for hydroxylation is 2. The molecule has 1 heterocycles. The second-order valence-corrected chi connectivity index (χ2v) is 5.70. The van der Waals surface area contributed by atoms with E-state index in [1.54, 1.807) is 5.56 Å². The van der Waals surface area contributed by atoms with Gasteiger partial charge in [-0.25, -0.2) is 0 Å². The molecule has 106 valence electrons. The van der Waals surface area contributed by atoms with E-state index in [2.05, 4.69) is 45.9 Å². The van der Waals surface area contributed by atoms with Gasteiger partial charge in [0.1, 0.15) is 0 Å². The van der Waals surface area contributed by atoms with E-state index in [1.165, 1.54) is 24.0 Å². The van der Waals surface area contributed by atoms with Crippen LogP contribution in [0.15, 0.2) is 18.2 Å². The normalized spacial score (nSPS) is 23.4. The minimum Gasteiger partial charge on any atom is -0.370 e. The number of hydrogen-bond acceptors (Lipinski definition) is 1. The van der Waals surface area contributed by atoms with E-state index in [-0.39, 0.29) is 0 Å². The third kappa shape index (κ3) is 3.39. The highest BCUT2D eigenvalue weighted by Crippen LogP contribution is 2.37. The van der Waals surface area contributed by atoms with Crippen LogP contribution in [0.3, 0.4) is 0 Å². The topological polar surface area (TPSA) is 12.5 Å². The molecule has 0 aromatic heterocycles. The summed E-state index contributed by atoms with van der Waals surface area (Å²) in [5, 5.41) is 0. The Balaban J connectivity index is 2.16. The standard InChI is InChI=1S/C18H28O/c1-5-13-9-10-14(6-2)16(11-13)15(7-3)12-18-17(8-4)19-18/h9-11,15,17-18H,5-8,12H2,1-4H3. The highest BCUT2D eigenvalue weighted by atomic mass is 16.6. The van der Waals surface area contributed by atoms with E-state index in [9.17, 15) is 0 Å². The van der Waals surface area contributed by atoms with Crippen molar-refractivity contribution < 1.29 is 4.74 Å². The van der Waals surface area contributed by atoms with Gasteiger partial charge in [0.25, 0.3) is 0 Å². The summed E-state index contributed by atoms with van der Waals surface area (Å²) < 4.78 is 5.75. The van der Waals surface area contributed by atoms with Crippen molar-refractivity contribution in [1.82, 2.24) is 0 Å². The molecule has 3 atom stereocenters. The molecule has 0 aliphatic carbocycles. The van der Waals surface area contributed by atoms with Crippen LogP contribution in [0.2, 0.25) is 0 Å². The molecular formula is C18H28O. The maximum atomic E-state index is 5.75. The molecule has 0 spiro atoms. The molecule has 1 nitrogen and oxygen atoms in total. The molecule has 3 unspecified atom stereocenters. The summed E-state index contributed by atoms with van der Waals surface area (Å²) in [6.07, 6.45) is 6.91. The molecule has 0 amide bonds. The lowest BCUT2D eigenvalue weighted by molar-refractivity contribution is 0.348. The quantitative estimate of drug-likeness (QED) is 0.637. The molecule has 0 saturated carbocycles. The van der Waals surface area contributed by atoms with E-state index < -0.39 is 0 Å². The van der Waals surface area contributed by atoms with Crippen LogP contribution in [0.4, 0.5) is 0 Å². The molecule has 1 aliphatic heterocycles. The largest absolute Gasteiger partial charge is 0.370 e. The van der Waals surface area contributed by atoms with E-state index in [0.717, 1.165) is 19.3 Å². The van der Waals surface area contributed by atoms with Crippen LogP contribution in [0, 0.1) is 0 Å². The Hall–Kier alpha value is -0.820. The van der Waals surface area contributed by atoms with Gasteiger partial charge in [0.2, 0.25) is 0 Å². The molecule has 1 aromatic carbocycles. The highest BCUT2D eigenvalue weighted by molar-refractivity contribution is 5.35. The highest BCUT2D eigenvalue weighted by Gasteiger charge is 2.38. The lowest BCUT2D eigenvalue weighted by Gasteiger charge is -2.19. The van der Waals surface area contributed by atoms with Gasteiger partial charge in [0.05, 0.1) is 12.2 Å². The van der Waals surface area contributed by atoms with Crippen molar-refractivity contribution in [3.63, 3.8) is 0 Å². The Labute approximate surface area is 118 Å². The Morgan fingerprint density at radius 3 is 2.37 bits per heavy atom. The second-order valence-electron chi connectivity index (χ2n) is 5.70. The molecule has 1 saturated heterocycles. The summed E-state index contributed by atoms with van der Waals surface area (Å²) in [6.45, 7) is 9.04. The Bertz CT molecular complexity index is 410. The Morgan fingerprint density at radius 1 is 1.05 bits per heavy atom. The van der Waals surface area contributed by atoms with Crippen molar-refractivity contribution >= 4 is 0 Å². The molecule has 1 heteroatoms. The molecule has 1 fully saturated rings. The molecule has 0 bridgehead atoms. The minimum atomic E-state index is 0.518. The summed E-state index contributed by atoms with van der Waals surface area (Å²) in [4.78, 5) is 0. The van der Waals surface area contributed by atoms with Gasteiger partial charge in [-0.15, -0.1) is 0 Å². The number of ether oxygens (including phenoxy) is 1. The number of rotatable bonds is 7. The maximum Gasteiger partial charge on any atom is 0.0847 e. The third-order valence-electron chi connectivity index (χ3n) is 4.54. The summed E-state index contributed by atoms with van der Waals surface area (Å²) in [7, 11) is 0. The van der Waals surface area contributed by atoms with Crippen molar-refractivity contribution in [2.75, 3.05) is 0 Å². The zero-order chi connectivity index (χ0) is 13.8. The van der Waals surface area contributed by atoms with Crippen LogP contribution in [-0.2, 0) is 17.6 Å². The van der Waals surface area contributed by atoms with Crippen molar-refractivity contribution in [3.05, 3.63) is 34.9 Å². The van der Waals surface area contributed by atoms with Crippen molar-refractivity contribution in [1.29, 1.82) is 0 Å². The average Bonchev–Trinajstić information content (AvgIpc) is 3.22. The molecule has 0 radical (unpaired) electrons. The number of epoxide rings is 1. The zero-order valence-electron chi connectivity index (χ0n) is 12.9. The third-order valence-corrected chi connectivity index (χ3v) is 4.54. The first-order valence-corrected chi connectivity index (χ1v) is 8.00. The van der Waals surface area contributed by atoms with Gasteiger partial charge in [0, 0.05) is 0 Å². The first kappa shape index (κ1) is 14.6. The van der Waals surface area contributed by atoms with Crippen LogP contribution in [-0.4, -0.2) is 12.2 Å². The zero-order valence-corrected chi connectivity index (χ0v) is 12.9. The fourth-order valence-electron chi connectivity index (χ4n) is 3.11. The minimum absolute atomic E-state index is 0.518. The van der Waals surface area contributed by atoms with Crippen LogP contribution in [0.25, 0.3) is 0 Å². The first-order valence-electron chi connectivity index (χ1n) is 8.00. The van der Waals surface area contributed by atoms with E-state index in [4.69, 9.17) is 4.74 Å². The van der Waals surface area contributed by atoms with E-state index in [1.807, 2.05) is 0 Å². The van der Waals surface area contributed by atoms with Gasteiger partial charge in [-0.1, -0.05) is 45.9 Å². The molecule has 2 rings (SSSR count). The fourth-order valence-corrected chi connectivity index (χ4v) is 3.11. The van der Waals surface area contributed by atoms with Gasteiger partial charge in [-0.3, -0.25) is 0 Å². The Morgan fingerprint density at radius 2 is 1.84 bits per heavy atom. The summed E-state index contributed by atoms with van der Waals surface area (Å²) in [6, 6.07) is 7.07. The summed E-state index contributed by atoms with van der Waals surface area (Å²) in [5.74, 6) is 0.669. The SMILES string of the molecule is CCc1ccc(CC)c(C(CC)CC2OC2CC)c1. The van der Waals surface area contributed by atoms with Gasteiger partial charge >= 0.3 is 0 Å². The number of hydrogen-bond donors (Lipinski definition) is 0. The average molecular weight is 260 g/mol. The lowest BCUT2D eigenvalue weighted by Crippen LogP contribution is -2.07. The monoisotopic (exact) mass is 260 g/mol. The summed E-state index contributed by atoms with van der Waals surface area (Å²) in [5.41, 5.74) is 4.57. The molecule has 19 heavy (non-hydrogen) atoms. The predicted molar refractivity (Wildman–Crippen MR) is 81.8 cm³/mol. The Kier molecular flexibility index (Phi) is 5.04. The van der Waals surface area contributed by atoms with Crippen molar-refractivity contribution in [2.24, 2.45) is 0 Å². The van der Waals surface area contributed by atoms with Crippen LogP contribution >= 0.6 is 0 Å². The number of benzene rings is 1.